The lowest BCUT2D eigenvalue weighted by Crippen LogP contribution is -2.24. The molecule has 0 aliphatic carbocycles. The molecule has 144 valence electrons. The molecule has 1 aliphatic rings. The number of hydrogen-bond acceptors (Lipinski definition) is 4. The minimum atomic E-state index is -0.296. The number of carbonyl (C=O) groups excluding carboxylic acids is 2. The molecule has 0 spiro atoms. The summed E-state index contributed by atoms with van der Waals surface area (Å²) in [4.78, 5) is 24.5. The maximum absolute atomic E-state index is 12.6. The third-order valence-corrected chi connectivity index (χ3v) is 4.67. The van der Waals surface area contributed by atoms with Crippen LogP contribution in [0.5, 0.6) is 5.75 Å². The van der Waals surface area contributed by atoms with Crippen molar-refractivity contribution < 1.29 is 14.3 Å². The molecule has 0 aromatic heterocycles. The van der Waals surface area contributed by atoms with Gasteiger partial charge in [0, 0.05) is 22.8 Å². The van der Waals surface area contributed by atoms with Gasteiger partial charge in [0.25, 0.3) is 5.91 Å². The zero-order valence-corrected chi connectivity index (χ0v) is 16.8. The van der Waals surface area contributed by atoms with Crippen LogP contribution in [-0.2, 0) is 13.0 Å². The zero-order valence-electron chi connectivity index (χ0n) is 15.2. The molecular weight excluding hydrogens is 387 g/mol. The summed E-state index contributed by atoms with van der Waals surface area (Å²) in [5, 5.41) is 6.82. The van der Waals surface area contributed by atoms with Crippen LogP contribution in [0.3, 0.4) is 0 Å². The van der Waals surface area contributed by atoms with Crippen LogP contribution in [-0.4, -0.2) is 24.8 Å². The molecule has 0 saturated carbocycles. The molecule has 5 nitrogen and oxygen atoms in total. The van der Waals surface area contributed by atoms with Gasteiger partial charge in [-0.1, -0.05) is 11.6 Å². The molecule has 3 rings (SSSR count). The van der Waals surface area contributed by atoms with Crippen molar-refractivity contribution in [3.05, 3.63) is 57.6 Å². The van der Waals surface area contributed by atoms with Gasteiger partial charge in [-0.15, -0.1) is 12.4 Å². The molecule has 1 heterocycles. The fourth-order valence-corrected chi connectivity index (χ4v) is 3.40. The number of anilines is 1. The Morgan fingerprint density at radius 1 is 1.26 bits per heavy atom. The highest BCUT2D eigenvalue weighted by atomic mass is 35.5. The lowest BCUT2D eigenvalue weighted by molar-refractivity contribution is 0.101. The number of ketones is 1. The maximum Gasteiger partial charge on any atom is 0.255 e. The van der Waals surface area contributed by atoms with Crippen LogP contribution in [0.25, 0.3) is 0 Å². The van der Waals surface area contributed by atoms with Crippen molar-refractivity contribution in [1.82, 2.24) is 5.32 Å². The predicted octanol–water partition coefficient (Wildman–Crippen LogP) is 4.26. The fraction of sp³-hybridized carbons (Fsp3) is 0.300. The van der Waals surface area contributed by atoms with Gasteiger partial charge in [0.05, 0.1) is 12.2 Å². The molecular formula is C20H22Cl2N2O3. The number of ether oxygens (including phenoxy) is 1. The van der Waals surface area contributed by atoms with Gasteiger partial charge in [-0.2, -0.15) is 0 Å². The summed E-state index contributed by atoms with van der Waals surface area (Å²) in [7, 11) is 0. The van der Waals surface area contributed by atoms with Gasteiger partial charge in [0.15, 0.2) is 5.78 Å². The second kappa shape index (κ2) is 9.22. The summed E-state index contributed by atoms with van der Waals surface area (Å²) < 4.78 is 5.45. The first-order valence-corrected chi connectivity index (χ1v) is 8.98. The number of hydrogen-bond donors (Lipinski definition) is 2. The summed E-state index contributed by atoms with van der Waals surface area (Å²) in [5.74, 6) is 0.0424. The molecule has 0 atom stereocenters. The summed E-state index contributed by atoms with van der Waals surface area (Å²) in [6.07, 6.45) is 0.878. The van der Waals surface area contributed by atoms with Crippen LogP contribution in [0.2, 0.25) is 5.02 Å². The first-order chi connectivity index (χ1) is 12.5. The van der Waals surface area contributed by atoms with Crippen LogP contribution in [0.4, 0.5) is 5.69 Å². The van der Waals surface area contributed by atoms with E-state index in [9.17, 15) is 9.59 Å². The molecule has 0 saturated heterocycles. The minimum absolute atomic E-state index is 0. The van der Waals surface area contributed by atoms with Gasteiger partial charge in [0.1, 0.15) is 5.75 Å². The number of rotatable bonds is 5. The summed E-state index contributed by atoms with van der Waals surface area (Å²) in [6.45, 7) is 5.39. The highest BCUT2D eigenvalue weighted by Gasteiger charge is 2.17. The molecule has 0 radical (unpaired) electrons. The normalized spacial score (nSPS) is 12.6. The van der Waals surface area contributed by atoms with E-state index in [2.05, 4.69) is 10.6 Å². The van der Waals surface area contributed by atoms with E-state index in [1.165, 1.54) is 6.92 Å². The molecule has 0 fully saturated rings. The Morgan fingerprint density at radius 3 is 2.74 bits per heavy atom. The van der Waals surface area contributed by atoms with E-state index in [1.807, 2.05) is 13.0 Å². The highest BCUT2D eigenvalue weighted by molar-refractivity contribution is 6.32. The molecule has 27 heavy (non-hydrogen) atoms. The Kier molecular flexibility index (Phi) is 7.25. The van der Waals surface area contributed by atoms with Crippen LogP contribution >= 0.6 is 24.0 Å². The van der Waals surface area contributed by atoms with Crippen molar-refractivity contribution in [2.24, 2.45) is 0 Å². The number of benzene rings is 2. The Balaban J connectivity index is 0.00000261. The summed E-state index contributed by atoms with van der Waals surface area (Å²) >= 11 is 6.36. The van der Waals surface area contributed by atoms with E-state index in [0.717, 1.165) is 30.6 Å². The van der Waals surface area contributed by atoms with E-state index in [1.54, 1.807) is 24.3 Å². The van der Waals surface area contributed by atoms with Gasteiger partial charge in [-0.05, 0) is 68.3 Å². The first kappa shape index (κ1) is 21.2. The second-order valence-corrected chi connectivity index (χ2v) is 6.58. The minimum Gasteiger partial charge on any atom is -0.493 e. The van der Waals surface area contributed by atoms with Crippen LogP contribution < -0.4 is 15.4 Å². The second-order valence-electron chi connectivity index (χ2n) is 6.18. The molecule has 1 aliphatic heterocycles. The van der Waals surface area contributed by atoms with Gasteiger partial charge >= 0.3 is 0 Å². The largest absolute Gasteiger partial charge is 0.493 e. The number of carbonyl (C=O) groups is 2. The number of Topliss-reactive ketones (excluding diaryl/α,β-unsaturated/α-hetero) is 1. The van der Waals surface area contributed by atoms with Gasteiger partial charge in [-0.25, -0.2) is 0 Å². The first-order valence-electron chi connectivity index (χ1n) is 8.60. The smallest absolute Gasteiger partial charge is 0.255 e. The van der Waals surface area contributed by atoms with Crippen molar-refractivity contribution >= 4 is 41.4 Å². The standard InChI is InChI=1S/C20H21ClN2O3.ClH/c1-3-26-19-5-4-13(9-17(19)12(2)24)20(25)23-15-8-14-11-22-7-6-16(14)18(21)10-15;/h4-5,8-10,22H,3,6-7,11H2,1-2H3,(H,23,25);1H. The van der Waals surface area contributed by atoms with Crippen LogP contribution in [0, 0.1) is 0 Å². The number of halogens is 2. The Bertz CT molecular complexity index is 869. The monoisotopic (exact) mass is 408 g/mol. The van der Waals surface area contributed by atoms with Crippen molar-refractivity contribution in [2.45, 2.75) is 26.8 Å². The molecule has 2 N–H and O–H groups in total. The molecule has 0 bridgehead atoms. The van der Waals surface area contributed by atoms with E-state index < -0.39 is 0 Å². The lowest BCUT2D eigenvalue weighted by atomic mass is 10.00. The number of amides is 1. The topological polar surface area (TPSA) is 67.4 Å². The van der Waals surface area contributed by atoms with Crippen molar-refractivity contribution in [1.29, 1.82) is 0 Å². The summed E-state index contributed by atoms with van der Waals surface area (Å²) in [6, 6.07) is 8.56. The predicted molar refractivity (Wildman–Crippen MR) is 110 cm³/mol. The zero-order chi connectivity index (χ0) is 18.7. The average Bonchev–Trinajstić information content (AvgIpc) is 2.62. The van der Waals surface area contributed by atoms with Gasteiger partial charge < -0.3 is 15.4 Å². The molecule has 7 heteroatoms. The molecule has 2 aromatic rings. The summed E-state index contributed by atoms with van der Waals surface area (Å²) in [5.41, 5.74) is 3.65. The van der Waals surface area contributed by atoms with E-state index in [4.69, 9.17) is 16.3 Å². The molecule has 0 unspecified atom stereocenters. The van der Waals surface area contributed by atoms with Crippen LogP contribution in [0.1, 0.15) is 45.7 Å². The third-order valence-electron chi connectivity index (χ3n) is 4.33. The SMILES string of the molecule is CCOc1ccc(C(=O)Nc2cc(Cl)c3c(c2)CNCC3)cc1C(C)=O.Cl. The van der Waals surface area contributed by atoms with Crippen LogP contribution in [0.15, 0.2) is 30.3 Å². The van der Waals surface area contributed by atoms with E-state index >= 15 is 0 Å². The average molecular weight is 409 g/mol. The Morgan fingerprint density at radius 2 is 2.04 bits per heavy atom. The third kappa shape index (κ3) is 4.80. The van der Waals surface area contributed by atoms with Crippen molar-refractivity contribution in [3.8, 4) is 5.75 Å². The quantitative estimate of drug-likeness (QED) is 0.725. The van der Waals surface area contributed by atoms with Gasteiger partial charge in [0.2, 0.25) is 0 Å². The molecule has 1 amide bonds. The highest BCUT2D eigenvalue weighted by Crippen LogP contribution is 2.28. The molecule has 2 aromatic carbocycles. The number of nitrogens with one attached hydrogen (secondary N) is 2. The van der Waals surface area contributed by atoms with Gasteiger partial charge in [-0.3, -0.25) is 9.59 Å². The van der Waals surface area contributed by atoms with Crippen molar-refractivity contribution in [2.75, 3.05) is 18.5 Å². The lowest BCUT2D eigenvalue weighted by Gasteiger charge is -2.20. The van der Waals surface area contributed by atoms with E-state index in [-0.39, 0.29) is 24.1 Å². The number of fused-ring (bicyclic) bond motifs is 1. The van der Waals surface area contributed by atoms with E-state index in [0.29, 0.717) is 34.2 Å². The Labute approximate surface area is 169 Å². The fourth-order valence-electron chi connectivity index (χ4n) is 3.07. The Hall–Kier alpha value is -2.08. The maximum atomic E-state index is 12.6. The van der Waals surface area contributed by atoms with Crippen molar-refractivity contribution in [3.63, 3.8) is 0 Å².